The number of hydrogen-bond acceptors (Lipinski definition) is 2. The number of aliphatic hydroxyl groups excluding tert-OH is 1. The summed E-state index contributed by atoms with van der Waals surface area (Å²) in [7, 11) is 0. The fraction of sp³-hybridized carbons (Fsp3) is 0.833. The molecule has 0 amide bonds. The van der Waals surface area contributed by atoms with E-state index in [0.29, 0.717) is 0 Å². The first-order chi connectivity index (χ1) is 4.88. The van der Waals surface area contributed by atoms with Crippen LogP contribution in [0.25, 0.3) is 0 Å². The molecular formula is C6H8F3NO. The SMILES string of the molecule is CC(CC(O)C#N)C(F)(F)F. The topological polar surface area (TPSA) is 44.0 Å². The van der Waals surface area contributed by atoms with Crippen molar-refractivity contribution in [2.75, 3.05) is 0 Å². The van der Waals surface area contributed by atoms with Gasteiger partial charge in [0.15, 0.2) is 0 Å². The number of halogens is 3. The zero-order chi connectivity index (χ0) is 9.07. The first-order valence-corrected chi connectivity index (χ1v) is 3.02. The van der Waals surface area contributed by atoms with Gasteiger partial charge in [0.25, 0.3) is 0 Å². The molecule has 0 bridgehead atoms. The van der Waals surface area contributed by atoms with E-state index in [1.165, 1.54) is 6.07 Å². The predicted molar refractivity (Wildman–Crippen MR) is 31.5 cm³/mol. The molecule has 0 aromatic carbocycles. The minimum atomic E-state index is -4.32. The van der Waals surface area contributed by atoms with Crippen LogP contribution in [-0.2, 0) is 0 Å². The summed E-state index contributed by atoms with van der Waals surface area (Å²) in [4.78, 5) is 0. The van der Waals surface area contributed by atoms with E-state index in [1.807, 2.05) is 0 Å². The fourth-order valence-corrected chi connectivity index (χ4v) is 0.521. The van der Waals surface area contributed by atoms with E-state index >= 15 is 0 Å². The molecule has 0 aliphatic rings. The number of aliphatic hydroxyl groups is 1. The second kappa shape index (κ2) is 3.58. The van der Waals surface area contributed by atoms with Crippen LogP contribution in [0, 0.1) is 17.2 Å². The van der Waals surface area contributed by atoms with Crippen LogP contribution in [0.3, 0.4) is 0 Å². The maximum atomic E-state index is 11.7. The molecule has 11 heavy (non-hydrogen) atoms. The van der Waals surface area contributed by atoms with Crippen molar-refractivity contribution < 1.29 is 18.3 Å². The summed E-state index contributed by atoms with van der Waals surface area (Å²) in [6, 6.07) is 1.32. The summed E-state index contributed by atoms with van der Waals surface area (Å²) in [5.41, 5.74) is 0. The molecule has 0 aromatic rings. The molecule has 2 unspecified atom stereocenters. The van der Waals surface area contributed by atoms with Gasteiger partial charge >= 0.3 is 6.18 Å². The quantitative estimate of drug-likeness (QED) is 0.632. The average Bonchev–Trinajstić information content (AvgIpc) is 1.85. The third kappa shape index (κ3) is 3.83. The first-order valence-electron chi connectivity index (χ1n) is 3.02. The number of rotatable bonds is 2. The van der Waals surface area contributed by atoms with Crippen molar-refractivity contribution in [1.29, 1.82) is 5.26 Å². The van der Waals surface area contributed by atoms with Crippen LogP contribution in [0.4, 0.5) is 13.2 Å². The van der Waals surface area contributed by atoms with Crippen molar-refractivity contribution in [2.45, 2.75) is 25.6 Å². The van der Waals surface area contributed by atoms with Crippen molar-refractivity contribution in [2.24, 2.45) is 5.92 Å². The van der Waals surface area contributed by atoms with Crippen LogP contribution in [0.5, 0.6) is 0 Å². The van der Waals surface area contributed by atoms with Crippen LogP contribution >= 0.6 is 0 Å². The Kier molecular flexibility index (Phi) is 3.33. The third-order valence-corrected chi connectivity index (χ3v) is 1.28. The van der Waals surface area contributed by atoms with Crippen LogP contribution in [0.1, 0.15) is 13.3 Å². The molecule has 0 saturated carbocycles. The zero-order valence-electron chi connectivity index (χ0n) is 5.89. The molecule has 2 nitrogen and oxygen atoms in total. The smallest absolute Gasteiger partial charge is 0.378 e. The van der Waals surface area contributed by atoms with Gasteiger partial charge in [-0.05, 0) is 6.42 Å². The molecule has 5 heteroatoms. The highest BCUT2D eigenvalue weighted by molar-refractivity contribution is 4.84. The molecular weight excluding hydrogens is 159 g/mol. The van der Waals surface area contributed by atoms with Crippen molar-refractivity contribution in [3.8, 4) is 6.07 Å². The molecule has 0 radical (unpaired) electrons. The minimum Gasteiger partial charge on any atom is -0.378 e. The van der Waals surface area contributed by atoms with E-state index in [-0.39, 0.29) is 0 Å². The van der Waals surface area contributed by atoms with E-state index in [4.69, 9.17) is 10.4 Å². The van der Waals surface area contributed by atoms with Gasteiger partial charge in [0.2, 0.25) is 0 Å². The molecule has 0 aliphatic carbocycles. The molecule has 0 saturated heterocycles. The summed E-state index contributed by atoms with van der Waals surface area (Å²) >= 11 is 0. The van der Waals surface area contributed by atoms with Gasteiger partial charge in [-0.25, -0.2) is 0 Å². The lowest BCUT2D eigenvalue weighted by Crippen LogP contribution is -2.23. The van der Waals surface area contributed by atoms with Gasteiger partial charge in [-0.2, -0.15) is 18.4 Å². The summed E-state index contributed by atoms with van der Waals surface area (Å²) in [6.07, 6.45) is -6.40. The molecule has 0 heterocycles. The number of alkyl halides is 3. The second-order valence-corrected chi connectivity index (χ2v) is 2.32. The number of nitrogens with zero attached hydrogens (tertiary/aromatic N) is 1. The molecule has 0 aromatic heterocycles. The van der Waals surface area contributed by atoms with Gasteiger partial charge in [-0.1, -0.05) is 6.92 Å². The maximum absolute atomic E-state index is 11.7. The normalized spacial score (nSPS) is 17.1. The van der Waals surface area contributed by atoms with Crippen LogP contribution in [0.2, 0.25) is 0 Å². The Morgan fingerprint density at radius 3 is 2.27 bits per heavy atom. The van der Waals surface area contributed by atoms with Crippen molar-refractivity contribution >= 4 is 0 Å². The number of nitriles is 1. The second-order valence-electron chi connectivity index (χ2n) is 2.32. The lowest BCUT2D eigenvalue weighted by atomic mass is 10.0. The van der Waals surface area contributed by atoms with E-state index in [9.17, 15) is 13.2 Å². The Morgan fingerprint density at radius 2 is 2.00 bits per heavy atom. The zero-order valence-corrected chi connectivity index (χ0v) is 5.89. The van der Waals surface area contributed by atoms with Gasteiger partial charge in [-0.15, -0.1) is 0 Å². The van der Waals surface area contributed by atoms with E-state index in [1.54, 1.807) is 0 Å². The molecule has 0 fully saturated rings. The Hall–Kier alpha value is -0.760. The minimum absolute atomic E-state index is 0.556. The summed E-state index contributed by atoms with van der Waals surface area (Å²) in [5, 5.41) is 16.5. The highest BCUT2D eigenvalue weighted by atomic mass is 19.4. The molecule has 2 atom stereocenters. The van der Waals surface area contributed by atoms with E-state index in [0.717, 1.165) is 6.92 Å². The fourth-order valence-electron chi connectivity index (χ4n) is 0.521. The number of hydrogen-bond donors (Lipinski definition) is 1. The van der Waals surface area contributed by atoms with Gasteiger partial charge in [0, 0.05) is 0 Å². The van der Waals surface area contributed by atoms with Crippen LogP contribution in [0.15, 0.2) is 0 Å². The Balaban J connectivity index is 3.90. The van der Waals surface area contributed by atoms with Gasteiger partial charge in [0.05, 0.1) is 12.0 Å². The molecule has 0 spiro atoms. The van der Waals surface area contributed by atoms with E-state index in [2.05, 4.69) is 0 Å². The predicted octanol–water partition coefficient (Wildman–Crippen LogP) is 1.46. The third-order valence-electron chi connectivity index (χ3n) is 1.28. The maximum Gasteiger partial charge on any atom is 0.391 e. The highest BCUT2D eigenvalue weighted by Gasteiger charge is 2.36. The monoisotopic (exact) mass is 167 g/mol. The van der Waals surface area contributed by atoms with Crippen LogP contribution < -0.4 is 0 Å². The van der Waals surface area contributed by atoms with Crippen LogP contribution in [-0.4, -0.2) is 17.4 Å². The van der Waals surface area contributed by atoms with Crippen molar-refractivity contribution in [3.63, 3.8) is 0 Å². The Morgan fingerprint density at radius 1 is 1.55 bits per heavy atom. The average molecular weight is 167 g/mol. The Bertz CT molecular complexity index is 160. The summed E-state index contributed by atoms with van der Waals surface area (Å²) < 4.78 is 35.2. The van der Waals surface area contributed by atoms with Gasteiger partial charge in [0.1, 0.15) is 6.10 Å². The molecule has 0 aliphatic heterocycles. The van der Waals surface area contributed by atoms with E-state index < -0.39 is 24.6 Å². The lowest BCUT2D eigenvalue weighted by molar-refractivity contribution is -0.174. The van der Waals surface area contributed by atoms with Gasteiger partial charge < -0.3 is 5.11 Å². The Labute approximate surface area is 62.2 Å². The summed E-state index contributed by atoms with van der Waals surface area (Å²) in [6.45, 7) is 0.931. The lowest BCUT2D eigenvalue weighted by Gasteiger charge is -2.15. The summed E-state index contributed by atoms with van der Waals surface area (Å²) in [5.74, 6) is -1.63. The van der Waals surface area contributed by atoms with Gasteiger partial charge in [-0.3, -0.25) is 0 Å². The molecule has 0 rings (SSSR count). The largest absolute Gasteiger partial charge is 0.391 e. The van der Waals surface area contributed by atoms with Crippen molar-refractivity contribution in [3.05, 3.63) is 0 Å². The van der Waals surface area contributed by atoms with Crippen molar-refractivity contribution in [1.82, 2.24) is 0 Å². The molecule has 64 valence electrons. The molecule has 1 N–H and O–H groups in total. The standard InChI is InChI=1S/C6H8F3NO/c1-4(6(7,8)9)2-5(11)3-10/h4-5,11H,2H2,1H3. The first kappa shape index (κ1) is 10.2. The highest BCUT2D eigenvalue weighted by Crippen LogP contribution is 2.28.